The number of methoxy groups -OCH3 is 2. The summed E-state index contributed by atoms with van der Waals surface area (Å²) < 4.78 is 24.0. The van der Waals surface area contributed by atoms with Crippen molar-refractivity contribution < 1.29 is 13.9 Å². The van der Waals surface area contributed by atoms with Crippen molar-refractivity contribution in [2.75, 3.05) is 25.3 Å². The number of nitrogens with two attached hydrogens (primary N) is 1. The van der Waals surface area contributed by atoms with Crippen LogP contribution in [-0.4, -0.2) is 14.2 Å². The monoisotopic (exact) mass is 296 g/mol. The molecule has 0 saturated carbocycles. The molecular formula is C14H14ClFN2O2. The van der Waals surface area contributed by atoms with Gasteiger partial charge in [-0.25, -0.2) is 4.39 Å². The van der Waals surface area contributed by atoms with Crippen LogP contribution in [0.3, 0.4) is 0 Å². The molecule has 0 bridgehead atoms. The van der Waals surface area contributed by atoms with Gasteiger partial charge in [0.25, 0.3) is 0 Å². The molecule has 3 N–H and O–H groups in total. The predicted molar refractivity (Wildman–Crippen MR) is 78.7 cm³/mol. The van der Waals surface area contributed by atoms with Gasteiger partial charge in [-0.15, -0.1) is 0 Å². The van der Waals surface area contributed by atoms with E-state index in [9.17, 15) is 4.39 Å². The lowest BCUT2D eigenvalue weighted by atomic mass is 10.2. The Morgan fingerprint density at radius 2 is 1.80 bits per heavy atom. The average Bonchev–Trinajstić information content (AvgIpc) is 2.42. The molecule has 106 valence electrons. The summed E-state index contributed by atoms with van der Waals surface area (Å²) >= 11 is 6.02. The Labute approximate surface area is 121 Å². The van der Waals surface area contributed by atoms with Crippen LogP contribution in [0, 0.1) is 5.82 Å². The maximum atomic E-state index is 13.8. The Bertz CT molecular complexity index is 635. The smallest absolute Gasteiger partial charge is 0.148 e. The number of hydrogen-bond donors (Lipinski definition) is 2. The van der Waals surface area contributed by atoms with Crippen LogP contribution in [0.1, 0.15) is 0 Å². The minimum absolute atomic E-state index is 0.239. The van der Waals surface area contributed by atoms with Crippen LogP contribution in [0.5, 0.6) is 11.5 Å². The normalized spacial score (nSPS) is 10.2. The quantitative estimate of drug-likeness (QED) is 0.842. The van der Waals surface area contributed by atoms with Crippen molar-refractivity contribution in [3.05, 3.63) is 41.2 Å². The number of nitrogen functional groups attached to an aromatic ring is 1. The van der Waals surface area contributed by atoms with Crippen LogP contribution in [0.4, 0.5) is 21.5 Å². The molecule has 0 fully saturated rings. The van der Waals surface area contributed by atoms with E-state index in [0.717, 1.165) is 0 Å². The molecule has 0 aromatic heterocycles. The lowest BCUT2D eigenvalue weighted by molar-refractivity contribution is 0.415. The molecule has 2 rings (SSSR count). The fourth-order valence-corrected chi connectivity index (χ4v) is 2.00. The zero-order chi connectivity index (χ0) is 14.7. The number of ether oxygens (including phenoxy) is 2. The van der Waals surface area contributed by atoms with Gasteiger partial charge in [0.05, 0.1) is 30.6 Å². The van der Waals surface area contributed by atoms with Crippen LogP contribution < -0.4 is 20.5 Å². The Kier molecular flexibility index (Phi) is 4.20. The van der Waals surface area contributed by atoms with Crippen molar-refractivity contribution in [2.45, 2.75) is 0 Å². The molecule has 0 radical (unpaired) electrons. The summed E-state index contributed by atoms with van der Waals surface area (Å²) in [7, 11) is 3.00. The van der Waals surface area contributed by atoms with Gasteiger partial charge >= 0.3 is 0 Å². The largest absolute Gasteiger partial charge is 0.495 e. The summed E-state index contributed by atoms with van der Waals surface area (Å²) in [5.41, 5.74) is 6.74. The van der Waals surface area contributed by atoms with Crippen LogP contribution >= 0.6 is 11.6 Å². The van der Waals surface area contributed by atoms with Gasteiger partial charge in [0.1, 0.15) is 17.3 Å². The van der Waals surface area contributed by atoms with Crippen molar-refractivity contribution in [3.63, 3.8) is 0 Å². The maximum absolute atomic E-state index is 13.8. The Balaban J connectivity index is 2.32. The predicted octanol–water partition coefficient (Wildman–Crippen LogP) is 3.82. The fraction of sp³-hybridized carbons (Fsp3) is 0.143. The molecule has 2 aromatic carbocycles. The summed E-state index contributed by atoms with van der Waals surface area (Å²) in [6.07, 6.45) is 0. The van der Waals surface area contributed by atoms with Crippen LogP contribution in [-0.2, 0) is 0 Å². The molecule has 0 aliphatic carbocycles. The molecule has 6 heteroatoms. The minimum Gasteiger partial charge on any atom is -0.495 e. The SMILES string of the molecule is COc1cc(Nc2ccc(OC)c(Cl)c2)c(F)cc1N. The Hall–Kier alpha value is -2.14. The van der Waals surface area contributed by atoms with Crippen molar-refractivity contribution >= 4 is 28.7 Å². The molecule has 0 amide bonds. The van der Waals surface area contributed by atoms with E-state index in [-0.39, 0.29) is 11.4 Å². The Morgan fingerprint density at radius 1 is 1.10 bits per heavy atom. The second-order valence-corrected chi connectivity index (χ2v) is 4.46. The summed E-state index contributed by atoms with van der Waals surface area (Å²) in [6.45, 7) is 0. The highest BCUT2D eigenvalue weighted by molar-refractivity contribution is 6.32. The lowest BCUT2D eigenvalue weighted by Gasteiger charge is -2.12. The van der Waals surface area contributed by atoms with Crippen molar-refractivity contribution in [1.29, 1.82) is 0 Å². The molecule has 20 heavy (non-hydrogen) atoms. The van der Waals surface area contributed by atoms with E-state index >= 15 is 0 Å². The molecule has 4 nitrogen and oxygen atoms in total. The van der Waals surface area contributed by atoms with Crippen LogP contribution in [0.2, 0.25) is 5.02 Å². The first-order chi connectivity index (χ1) is 9.55. The summed E-state index contributed by atoms with van der Waals surface area (Å²) in [6, 6.07) is 7.75. The second kappa shape index (κ2) is 5.88. The van der Waals surface area contributed by atoms with Gasteiger partial charge in [-0.1, -0.05) is 11.6 Å². The molecule has 0 unspecified atom stereocenters. The van der Waals surface area contributed by atoms with E-state index in [2.05, 4.69) is 5.32 Å². The molecule has 2 aromatic rings. The maximum Gasteiger partial charge on any atom is 0.148 e. The number of nitrogens with one attached hydrogen (secondary N) is 1. The molecule has 0 aliphatic rings. The lowest BCUT2D eigenvalue weighted by Crippen LogP contribution is -1.99. The molecule has 0 heterocycles. The van der Waals surface area contributed by atoms with Crippen molar-refractivity contribution in [1.82, 2.24) is 0 Å². The van der Waals surface area contributed by atoms with Gasteiger partial charge < -0.3 is 20.5 Å². The third-order valence-electron chi connectivity index (χ3n) is 2.75. The Morgan fingerprint density at radius 3 is 2.40 bits per heavy atom. The van der Waals surface area contributed by atoms with Gasteiger partial charge in [-0.3, -0.25) is 0 Å². The van der Waals surface area contributed by atoms with E-state index in [1.807, 2.05) is 0 Å². The first-order valence-electron chi connectivity index (χ1n) is 5.78. The van der Waals surface area contributed by atoms with E-state index in [1.54, 1.807) is 18.2 Å². The third kappa shape index (κ3) is 2.88. The van der Waals surface area contributed by atoms with E-state index in [4.69, 9.17) is 26.8 Å². The zero-order valence-corrected chi connectivity index (χ0v) is 11.8. The van der Waals surface area contributed by atoms with Gasteiger partial charge in [0.15, 0.2) is 0 Å². The summed E-state index contributed by atoms with van der Waals surface area (Å²) in [4.78, 5) is 0. The second-order valence-electron chi connectivity index (χ2n) is 4.05. The number of rotatable bonds is 4. The molecule has 0 spiro atoms. The fourth-order valence-electron chi connectivity index (χ4n) is 1.74. The molecular weight excluding hydrogens is 283 g/mol. The number of halogens is 2. The zero-order valence-electron chi connectivity index (χ0n) is 11.0. The van der Waals surface area contributed by atoms with Crippen LogP contribution in [0.15, 0.2) is 30.3 Å². The van der Waals surface area contributed by atoms with Gasteiger partial charge in [0, 0.05) is 17.8 Å². The van der Waals surface area contributed by atoms with Gasteiger partial charge in [0.2, 0.25) is 0 Å². The standard InChI is InChI=1S/C14H14ClFN2O2/c1-19-13-4-3-8(5-9(13)15)18-12-7-14(20-2)11(17)6-10(12)16/h3-7,18H,17H2,1-2H3. The topological polar surface area (TPSA) is 56.5 Å². The highest BCUT2D eigenvalue weighted by Gasteiger charge is 2.09. The highest BCUT2D eigenvalue weighted by Crippen LogP contribution is 2.32. The summed E-state index contributed by atoms with van der Waals surface area (Å²) in [5, 5.41) is 3.35. The van der Waals surface area contributed by atoms with E-state index < -0.39 is 5.82 Å². The highest BCUT2D eigenvalue weighted by atomic mass is 35.5. The van der Waals surface area contributed by atoms with Gasteiger partial charge in [-0.05, 0) is 18.2 Å². The molecule has 0 saturated heterocycles. The molecule has 0 atom stereocenters. The van der Waals surface area contributed by atoms with E-state index in [0.29, 0.717) is 22.2 Å². The number of hydrogen-bond acceptors (Lipinski definition) is 4. The first kappa shape index (κ1) is 14.3. The number of anilines is 3. The van der Waals surface area contributed by atoms with Crippen LogP contribution in [0.25, 0.3) is 0 Å². The molecule has 0 aliphatic heterocycles. The number of benzene rings is 2. The first-order valence-corrected chi connectivity index (χ1v) is 6.16. The van der Waals surface area contributed by atoms with E-state index in [1.165, 1.54) is 26.4 Å². The third-order valence-corrected chi connectivity index (χ3v) is 3.05. The minimum atomic E-state index is -0.477. The summed E-state index contributed by atoms with van der Waals surface area (Å²) in [5.74, 6) is 0.469. The van der Waals surface area contributed by atoms with Crippen molar-refractivity contribution in [3.8, 4) is 11.5 Å². The van der Waals surface area contributed by atoms with Crippen molar-refractivity contribution in [2.24, 2.45) is 0 Å². The van der Waals surface area contributed by atoms with Gasteiger partial charge in [-0.2, -0.15) is 0 Å². The average molecular weight is 297 g/mol.